The molecule has 0 aliphatic heterocycles. The number of carbonyl (C=O) groups excluding carboxylic acids is 1. The lowest BCUT2D eigenvalue weighted by molar-refractivity contribution is -0.166. The average molecular weight is 496 g/mol. The van der Waals surface area contributed by atoms with E-state index in [9.17, 15) is 4.79 Å². The van der Waals surface area contributed by atoms with Crippen LogP contribution >= 0.6 is 11.3 Å². The predicted molar refractivity (Wildman–Crippen MR) is 143 cm³/mol. The summed E-state index contributed by atoms with van der Waals surface area (Å²) in [6.07, 6.45) is 2.50. The number of ether oxygens (including phenoxy) is 3. The second kappa shape index (κ2) is 9.90. The Balaban J connectivity index is 2.15. The summed E-state index contributed by atoms with van der Waals surface area (Å²) in [5.41, 5.74) is 5.40. The third-order valence-electron chi connectivity index (χ3n) is 6.58. The van der Waals surface area contributed by atoms with Gasteiger partial charge in [-0.05, 0) is 83.9 Å². The molecule has 35 heavy (non-hydrogen) atoms. The number of fused-ring (bicyclic) bond motifs is 3. The standard InChI is InChI=1S/C29H37NO4S/c1-9-33-28(31)26(34-29(5,6)7)23-18(4)30-27-25(22-17(3)11-10-12-21(22)35-27)24(23)19-14-13-16(2)15-20(19)32-8/h13-15,17,26H,9-12H2,1-8H3. The van der Waals surface area contributed by atoms with Crippen LogP contribution in [-0.4, -0.2) is 30.3 Å². The third-order valence-corrected chi connectivity index (χ3v) is 7.74. The average Bonchev–Trinajstić information content (AvgIpc) is 3.15. The van der Waals surface area contributed by atoms with Crippen LogP contribution in [0.15, 0.2) is 18.2 Å². The fourth-order valence-electron chi connectivity index (χ4n) is 5.15. The van der Waals surface area contributed by atoms with Gasteiger partial charge in [-0.1, -0.05) is 19.1 Å². The largest absolute Gasteiger partial charge is 0.496 e. The number of thiophene rings is 1. The maximum atomic E-state index is 13.4. The molecule has 1 aliphatic rings. The lowest BCUT2D eigenvalue weighted by atomic mass is 9.83. The molecule has 2 aromatic heterocycles. The summed E-state index contributed by atoms with van der Waals surface area (Å²) in [4.78, 5) is 20.9. The number of benzene rings is 1. The Labute approximate surface area is 212 Å². The maximum absolute atomic E-state index is 13.4. The zero-order valence-corrected chi connectivity index (χ0v) is 23.0. The van der Waals surface area contributed by atoms with Crippen molar-refractivity contribution in [3.63, 3.8) is 0 Å². The zero-order chi connectivity index (χ0) is 25.5. The number of aromatic nitrogens is 1. The van der Waals surface area contributed by atoms with E-state index in [1.807, 2.05) is 40.7 Å². The zero-order valence-electron chi connectivity index (χ0n) is 22.2. The molecule has 0 saturated heterocycles. The fraction of sp³-hybridized carbons (Fsp3) is 0.517. The van der Waals surface area contributed by atoms with Crippen molar-refractivity contribution in [2.24, 2.45) is 0 Å². The van der Waals surface area contributed by atoms with Crippen molar-refractivity contribution in [2.75, 3.05) is 13.7 Å². The van der Waals surface area contributed by atoms with Gasteiger partial charge in [-0.2, -0.15) is 0 Å². The normalized spacial score (nSPS) is 16.7. The van der Waals surface area contributed by atoms with Gasteiger partial charge in [-0.15, -0.1) is 11.3 Å². The molecule has 0 saturated carbocycles. The number of pyridine rings is 1. The first kappa shape index (κ1) is 25.6. The third kappa shape index (κ3) is 4.96. The molecule has 0 radical (unpaired) electrons. The van der Waals surface area contributed by atoms with Crippen molar-refractivity contribution in [1.82, 2.24) is 4.98 Å². The molecule has 0 N–H and O–H groups in total. The molecule has 0 fully saturated rings. The summed E-state index contributed by atoms with van der Waals surface area (Å²) in [7, 11) is 1.70. The summed E-state index contributed by atoms with van der Waals surface area (Å²) < 4.78 is 17.8. The van der Waals surface area contributed by atoms with Crippen LogP contribution < -0.4 is 4.74 Å². The van der Waals surface area contributed by atoms with Crippen molar-refractivity contribution in [2.45, 2.75) is 85.4 Å². The van der Waals surface area contributed by atoms with Gasteiger partial charge in [-0.25, -0.2) is 9.78 Å². The van der Waals surface area contributed by atoms with E-state index in [0.29, 0.717) is 5.92 Å². The van der Waals surface area contributed by atoms with Crippen molar-refractivity contribution in [3.05, 3.63) is 45.5 Å². The van der Waals surface area contributed by atoms with Crippen LogP contribution in [0.4, 0.5) is 0 Å². The van der Waals surface area contributed by atoms with Crippen molar-refractivity contribution in [1.29, 1.82) is 0 Å². The second-order valence-corrected chi connectivity index (χ2v) is 11.5. The van der Waals surface area contributed by atoms with Gasteiger partial charge < -0.3 is 14.2 Å². The predicted octanol–water partition coefficient (Wildman–Crippen LogP) is 7.45. The molecule has 1 aromatic carbocycles. The van der Waals surface area contributed by atoms with Gasteiger partial charge >= 0.3 is 5.97 Å². The number of carbonyl (C=O) groups is 1. The van der Waals surface area contributed by atoms with E-state index < -0.39 is 17.7 Å². The fourth-order valence-corrected chi connectivity index (χ4v) is 6.54. The highest BCUT2D eigenvalue weighted by Gasteiger charge is 2.36. The van der Waals surface area contributed by atoms with E-state index in [-0.39, 0.29) is 6.61 Å². The summed E-state index contributed by atoms with van der Waals surface area (Å²) in [5.74, 6) is 0.806. The molecule has 3 aromatic rings. The van der Waals surface area contributed by atoms with Crippen LogP contribution in [0.3, 0.4) is 0 Å². The molecular formula is C29H37NO4S. The van der Waals surface area contributed by atoms with E-state index in [4.69, 9.17) is 19.2 Å². The number of methoxy groups -OCH3 is 1. The maximum Gasteiger partial charge on any atom is 0.340 e. The van der Waals surface area contributed by atoms with Crippen LogP contribution in [0.1, 0.15) is 86.7 Å². The molecule has 188 valence electrons. The number of esters is 1. The molecule has 2 unspecified atom stereocenters. The highest BCUT2D eigenvalue weighted by molar-refractivity contribution is 7.19. The van der Waals surface area contributed by atoms with Gasteiger partial charge in [0, 0.05) is 32.6 Å². The molecule has 0 amide bonds. The van der Waals surface area contributed by atoms with Crippen LogP contribution in [0, 0.1) is 13.8 Å². The number of nitrogens with zero attached hydrogens (tertiary/aromatic N) is 1. The van der Waals surface area contributed by atoms with Crippen molar-refractivity contribution >= 4 is 27.5 Å². The Morgan fingerprint density at radius 3 is 2.66 bits per heavy atom. The van der Waals surface area contributed by atoms with Crippen molar-refractivity contribution < 1.29 is 19.0 Å². The second-order valence-electron chi connectivity index (χ2n) is 10.5. The molecule has 6 heteroatoms. The van der Waals surface area contributed by atoms with Crippen LogP contribution in [0.5, 0.6) is 5.75 Å². The highest BCUT2D eigenvalue weighted by atomic mass is 32.1. The Hall–Kier alpha value is -2.44. The number of aryl methyl sites for hydroxylation is 3. The topological polar surface area (TPSA) is 57.7 Å². The van der Waals surface area contributed by atoms with Gasteiger partial charge in [0.15, 0.2) is 6.10 Å². The Morgan fingerprint density at radius 2 is 2.00 bits per heavy atom. The summed E-state index contributed by atoms with van der Waals surface area (Å²) in [5, 5.41) is 1.13. The molecule has 2 atom stereocenters. The van der Waals surface area contributed by atoms with E-state index in [1.165, 1.54) is 16.9 Å². The Kier molecular flexibility index (Phi) is 7.26. The summed E-state index contributed by atoms with van der Waals surface area (Å²) in [6, 6.07) is 6.24. The SMILES string of the molecule is CCOC(=O)C(OC(C)(C)C)c1c(C)nc2sc3c(c2c1-c1ccc(C)cc1OC)C(C)CCC3. The Morgan fingerprint density at radius 1 is 1.26 bits per heavy atom. The van der Waals surface area contributed by atoms with Gasteiger partial charge in [0.25, 0.3) is 0 Å². The van der Waals surface area contributed by atoms with Crippen molar-refractivity contribution in [3.8, 4) is 16.9 Å². The monoisotopic (exact) mass is 495 g/mol. The number of hydrogen-bond donors (Lipinski definition) is 0. The minimum atomic E-state index is -0.901. The van der Waals surface area contributed by atoms with E-state index >= 15 is 0 Å². The van der Waals surface area contributed by atoms with Crippen LogP contribution in [-0.2, 0) is 20.7 Å². The Bertz CT molecular complexity index is 1250. The van der Waals surface area contributed by atoms with Gasteiger partial charge in [0.2, 0.25) is 0 Å². The molecule has 5 nitrogen and oxygen atoms in total. The van der Waals surface area contributed by atoms with Gasteiger partial charge in [-0.3, -0.25) is 0 Å². The number of rotatable bonds is 6. The van der Waals surface area contributed by atoms with E-state index in [1.54, 1.807) is 18.4 Å². The first-order valence-corrected chi connectivity index (χ1v) is 13.3. The smallest absolute Gasteiger partial charge is 0.340 e. The molecule has 0 spiro atoms. The summed E-state index contributed by atoms with van der Waals surface area (Å²) in [6.45, 7) is 14.3. The molecule has 2 heterocycles. The molecule has 1 aliphatic carbocycles. The molecule has 0 bridgehead atoms. The van der Waals surface area contributed by atoms with Gasteiger partial charge in [0.05, 0.1) is 19.3 Å². The molecular weight excluding hydrogens is 458 g/mol. The minimum absolute atomic E-state index is 0.283. The highest BCUT2D eigenvalue weighted by Crippen LogP contribution is 2.50. The van der Waals surface area contributed by atoms with E-state index in [0.717, 1.165) is 56.8 Å². The lowest BCUT2D eigenvalue weighted by Gasteiger charge is -2.29. The van der Waals surface area contributed by atoms with Crippen LogP contribution in [0.2, 0.25) is 0 Å². The molecule has 4 rings (SSSR count). The lowest BCUT2D eigenvalue weighted by Crippen LogP contribution is -2.30. The van der Waals surface area contributed by atoms with Crippen LogP contribution in [0.25, 0.3) is 21.3 Å². The first-order valence-electron chi connectivity index (χ1n) is 12.5. The summed E-state index contributed by atoms with van der Waals surface area (Å²) >= 11 is 1.79. The minimum Gasteiger partial charge on any atom is -0.496 e. The first-order chi connectivity index (χ1) is 16.6. The number of hydrogen-bond acceptors (Lipinski definition) is 6. The quantitative estimate of drug-likeness (QED) is 0.332. The van der Waals surface area contributed by atoms with Gasteiger partial charge in [0.1, 0.15) is 10.6 Å². The van der Waals surface area contributed by atoms with E-state index in [2.05, 4.69) is 26.0 Å².